The molecule has 0 aliphatic carbocycles. The molecular weight excluding hydrogens is 289 g/mol. The number of halogens is 3. The molecule has 1 heterocycles. The number of benzene rings is 1. The summed E-state index contributed by atoms with van der Waals surface area (Å²) in [5.74, 6) is -3.89. The number of ether oxygens (including phenoxy) is 1. The Kier molecular flexibility index (Phi) is 5.11. The van der Waals surface area contributed by atoms with E-state index in [1.54, 1.807) is 18.7 Å². The molecule has 1 N–H and O–H groups in total. The molecule has 1 unspecified atom stereocenters. The molecule has 0 amide bonds. The third-order valence-electron chi connectivity index (χ3n) is 2.69. The fraction of sp³-hybridized carbons (Fsp3) is 0.308. The van der Waals surface area contributed by atoms with Crippen molar-refractivity contribution >= 4 is 11.3 Å². The van der Waals surface area contributed by atoms with E-state index in [-0.39, 0.29) is 5.56 Å². The maximum absolute atomic E-state index is 13.3. The maximum atomic E-state index is 13.3. The molecule has 0 saturated carbocycles. The third-order valence-corrected chi connectivity index (χ3v) is 3.53. The van der Waals surface area contributed by atoms with Gasteiger partial charge in [-0.1, -0.05) is 0 Å². The number of thiazole rings is 1. The van der Waals surface area contributed by atoms with Crippen LogP contribution < -0.4 is 5.32 Å². The lowest BCUT2D eigenvalue weighted by molar-refractivity contribution is 0.197. The second-order valence-corrected chi connectivity index (χ2v) is 4.97. The van der Waals surface area contributed by atoms with Crippen molar-refractivity contribution in [3.63, 3.8) is 0 Å². The Morgan fingerprint density at radius 2 is 2.00 bits per heavy atom. The fourth-order valence-electron chi connectivity index (χ4n) is 1.77. The number of hydrogen-bond donors (Lipinski definition) is 1. The monoisotopic (exact) mass is 302 g/mol. The molecule has 0 aliphatic heterocycles. The minimum Gasteiger partial charge on any atom is -0.383 e. The summed E-state index contributed by atoms with van der Waals surface area (Å²) >= 11 is 1.35. The first kappa shape index (κ1) is 15.0. The summed E-state index contributed by atoms with van der Waals surface area (Å²) in [7, 11) is 1.55. The van der Waals surface area contributed by atoms with Gasteiger partial charge in [-0.2, -0.15) is 0 Å². The van der Waals surface area contributed by atoms with E-state index in [0.717, 1.165) is 12.1 Å². The molecule has 20 heavy (non-hydrogen) atoms. The number of rotatable bonds is 6. The summed E-state index contributed by atoms with van der Waals surface area (Å²) in [6.45, 7) is 0.912. The van der Waals surface area contributed by atoms with Crippen molar-refractivity contribution in [2.24, 2.45) is 0 Å². The molecule has 0 radical (unpaired) electrons. The number of nitrogens with one attached hydrogen (secondary N) is 1. The summed E-state index contributed by atoms with van der Waals surface area (Å²) in [5, 5.41) is 5.49. The zero-order chi connectivity index (χ0) is 14.5. The maximum Gasteiger partial charge on any atom is 0.194 e. The molecule has 0 fully saturated rings. The predicted octanol–water partition coefficient (Wildman–Crippen LogP) is 2.89. The lowest BCUT2D eigenvalue weighted by Crippen LogP contribution is -2.26. The van der Waals surface area contributed by atoms with Gasteiger partial charge in [-0.15, -0.1) is 11.3 Å². The number of hydrogen-bond acceptors (Lipinski definition) is 4. The molecule has 0 saturated heterocycles. The van der Waals surface area contributed by atoms with Gasteiger partial charge in [0.05, 0.1) is 12.6 Å². The van der Waals surface area contributed by atoms with Crippen LogP contribution in [0, 0.1) is 17.5 Å². The SMILES string of the molecule is COCCNC(c1cc(F)c(F)c(F)c1)c1nccs1. The van der Waals surface area contributed by atoms with Crippen LogP contribution in [0.4, 0.5) is 13.2 Å². The van der Waals surface area contributed by atoms with Crippen LogP contribution in [0.2, 0.25) is 0 Å². The van der Waals surface area contributed by atoms with E-state index in [2.05, 4.69) is 10.3 Å². The zero-order valence-electron chi connectivity index (χ0n) is 10.7. The predicted molar refractivity (Wildman–Crippen MR) is 70.2 cm³/mol. The van der Waals surface area contributed by atoms with Crippen molar-refractivity contribution in [2.45, 2.75) is 6.04 Å². The van der Waals surface area contributed by atoms with Crippen LogP contribution in [0.5, 0.6) is 0 Å². The molecule has 1 atom stereocenters. The van der Waals surface area contributed by atoms with Gasteiger partial charge in [0.2, 0.25) is 0 Å². The van der Waals surface area contributed by atoms with Crippen LogP contribution in [0.15, 0.2) is 23.7 Å². The highest BCUT2D eigenvalue weighted by Gasteiger charge is 2.20. The van der Waals surface area contributed by atoms with E-state index < -0.39 is 23.5 Å². The van der Waals surface area contributed by atoms with Crippen LogP contribution in [0.3, 0.4) is 0 Å². The van der Waals surface area contributed by atoms with E-state index in [9.17, 15) is 13.2 Å². The second-order valence-electron chi connectivity index (χ2n) is 4.05. The zero-order valence-corrected chi connectivity index (χ0v) is 11.5. The average molecular weight is 302 g/mol. The Hall–Kier alpha value is -1.44. The highest BCUT2D eigenvalue weighted by Crippen LogP contribution is 2.26. The van der Waals surface area contributed by atoms with Crippen LogP contribution in [0.1, 0.15) is 16.6 Å². The summed E-state index contributed by atoms with van der Waals surface area (Å²) in [6, 6.07) is 1.45. The Morgan fingerprint density at radius 1 is 1.30 bits per heavy atom. The Bertz CT molecular complexity index is 540. The van der Waals surface area contributed by atoms with Gasteiger partial charge in [0.1, 0.15) is 5.01 Å². The molecule has 0 spiro atoms. The normalized spacial score (nSPS) is 12.6. The molecule has 1 aromatic heterocycles. The van der Waals surface area contributed by atoms with Crippen molar-refractivity contribution in [1.29, 1.82) is 0 Å². The third kappa shape index (κ3) is 3.36. The minimum absolute atomic E-state index is 0.285. The lowest BCUT2D eigenvalue weighted by Gasteiger charge is -2.17. The van der Waals surface area contributed by atoms with Gasteiger partial charge in [-0.25, -0.2) is 18.2 Å². The Balaban J connectivity index is 2.31. The van der Waals surface area contributed by atoms with Gasteiger partial charge < -0.3 is 10.1 Å². The van der Waals surface area contributed by atoms with Crippen molar-refractivity contribution in [3.8, 4) is 0 Å². The summed E-state index contributed by atoms with van der Waals surface area (Å²) < 4.78 is 44.6. The van der Waals surface area contributed by atoms with E-state index in [0.29, 0.717) is 18.2 Å². The van der Waals surface area contributed by atoms with Crippen LogP contribution in [-0.2, 0) is 4.74 Å². The molecule has 1 aromatic carbocycles. The van der Waals surface area contributed by atoms with Gasteiger partial charge in [-0.05, 0) is 17.7 Å². The van der Waals surface area contributed by atoms with E-state index in [1.807, 2.05) is 0 Å². The van der Waals surface area contributed by atoms with Crippen molar-refractivity contribution in [1.82, 2.24) is 10.3 Å². The number of methoxy groups -OCH3 is 1. The quantitative estimate of drug-likeness (QED) is 0.658. The second kappa shape index (κ2) is 6.83. The first-order valence-corrected chi connectivity index (χ1v) is 6.77. The fourth-order valence-corrected chi connectivity index (χ4v) is 2.51. The Morgan fingerprint density at radius 3 is 2.55 bits per heavy atom. The summed E-state index contributed by atoms with van der Waals surface area (Å²) in [6.07, 6.45) is 1.60. The first-order valence-electron chi connectivity index (χ1n) is 5.89. The molecule has 0 aliphatic rings. The van der Waals surface area contributed by atoms with Gasteiger partial charge in [0, 0.05) is 25.2 Å². The molecule has 108 valence electrons. The molecular formula is C13H13F3N2OS. The van der Waals surface area contributed by atoms with E-state index in [1.165, 1.54) is 11.3 Å². The van der Waals surface area contributed by atoms with Crippen LogP contribution >= 0.6 is 11.3 Å². The van der Waals surface area contributed by atoms with Gasteiger partial charge in [0.15, 0.2) is 17.5 Å². The van der Waals surface area contributed by atoms with Crippen LogP contribution in [-0.4, -0.2) is 25.2 Å². The molecule has 3 nitrogen and oxygen atoms in total. The van der Waals surface area contributed by atoms with Crippen molar-refractivity contribution in [2.75, 3.05) is 20.3 Å². The van der Waals surface area contributed by atoms with Crippen LogP contribution in [0.25, 0.3) is 0 Å². The highest BCUT2D eigenvalue weighted by atomic mass is 32.1. The Labute approximate surface area is 118 Å². The lowest BCUT2D eigenvalue weighted by atomic mass is 10.1. The molecule has 0 bridgehead atoms. The molecule has 2 aromatic rings. The van der Waals surface area contributed by atoms with Gasteiger partial charge in [-0.3, -0.25) is 0 Å². The highest BCUT2D eigenvalue weighted by molar-refractivity contribution is 7.09. The summed E-state index contributed by atoms with van der Waals surface area (Å²) in [4.78, 5) is 4.13. The summed E-state index contributed by atoms with van der Waals surface area (Å²) in [5.41, 5.74) is 0.285. The standard InChI is InChI=1S/C13H13F3N2OS/c1-19-4-2-17-12(13-18-3-5-20-13)8-6-9(14)11(16)10(15)7-8/h3,5-7,12,17H,2,4H2,1H3. The van der Waals surface area contributed by atoms with E-state index >= 15 is 0 Å². The largest absolute Gasteiger partial charge is 0.383 e. The molecule has 7 heteroatoms. The number of nitrogens with zero attached hydrogens (tertiary/aromatic N) is 1. The number of aromatic nitrogens is 1. The average Bonchev–Trinajstić information content (AvgIpc) is 2.94. The van der Waals surface area contributed by atoms with Crippen molar-refractivity contribution in [3.05, 3.63) is 51.7 Å². The smallest absolute Gasteiger partial charge is 0.194 e. The van der Waals surface area contributed by atoms with E-state index in [4.69, 9.17) is 4.74 Å². The van der Waals surface area contributed by atoms with Gasteiger partial charge in [0.25, 0.3) is 0 Å². The first-order chi connectivity index (χ1) is 9.63. The topological polar surface area (TPSA) is 34.1 Å². The van der Waals surface area contributed by atoms with Gasteiger partial charge >= 0.3 is 0 Å². The minimum atomic E-state index is -1.47. The van der Waals surface area contributed by atoms with Crippen molar-refractivity contribution < 1.29 is 17.9 Å². The molecule has 2 rings (SSSR count).